The molecule has 0 saturated carbocycles. The maximum absolute atomic E-state index is 13.2. The summed E-state index contributed by atoms with van der Waals surface area (Å²) in [5, 5.41) is 12.4. The fourth-order valence-electron chi connectivity index (χ4n) is 3.18. The Kier molecular flexibility index (Phi) is 4.49. The van der Waals surface area contributed by atoms with Crippen molar-refractivity contribution in [3.05, 3.63) is 95.9 Å². The summed E-state index contributed by atoms with van der Waals surface area (Å²) in [5.74, 6) is 0.207. The Labute approximate surface area is 176 Å². The van der Waals surface area contributed by atoms with Crippen molar-refractivity contribution < 1.29 is 4.79 Å². The van der Waals surface area contributed by atoms with Crippen molar-refractivity contribution >= 4 is 29.0 Å². The zero-order valence-corrected chi connectivity index (χ0v) is 16.4. The lowest BCUT2D eigenvalue weighted by molar-refractivity contribution is 0.101. The molecule has 8 heteroatoms. The highest BCUT2D eigenvalue weighted by atomic mass is 35.5. The van der Waals surface area contributed by atoms with Gasteiger partial charge in [-0.2, -0.15) is 14.7 Å². The van der Waals surface area contributed by atoms with Gasteiger partial charge in [-0.15, -0.1) is 0 Å². The molecule has 0 spiro atoms. The van der Waals surface area contributed by atoms with Gasteiger partial charge in [0.2, 0.25) is 0 Å². The van der Waals surface area contributed by atoms with E-state index < -0.39 is 0 Å². The highest BCUT2D eigenvalue weighted by Crippen LogP contribution is 2.24. The van der Waals surface area contributed by atoms with Gasteiger partial charge in [0.25, 0.3) is 5.91 Å². The second kappa shape index (κ2) is 7.46. The molecule has 0 saturated heterocycles. The molecular weight excluding hydrogens is 400 g/mol. The number of amides is 1. The summed E-state index contributed by atoms with van der Waals surface area (Å²) >= 11 is 6.01. The predicted octanol–water partition coefficient (Wildman–Crippen LogP) is 4.49. The molecule has 5 rings (SSSR count). The largest absolute Gasteiger partial charge is 0.305 e. The number of fused-ring (bicyclic) bond motifs is 1. The Balaban J connectivity index is 1.58. The smallest absolute Gasteiger partial charge is 0.275 e. The fourth-order valence-corrected chi connectivity index (χ4v) is 3.31. The summed E-state index contributed by atoms with van der Waals surface area (Å²) in [4.78, 5) is 17.4. The van der Waals surface area contributed by atoms with Gasteiger partial charge < -0.3 is 5.32 Å². The molecule has 3 aromatic heterocycles. The van der Waals surface area contributed by atoms with Crippen LogP contribution in [0, 0.1) is 0 Å². The molecule has 5 aromatic rings. The summed E-state index contributed by atoms with van der Waals surface area (Å²) < 4.78 is 3.20. The van der Waals surface area contributed by atoms with Gasteiger partial charge in [0.05, 0.1) is 17.6 Å². The molecular formula is C22H15ClN6O. The van der Waals surface area contributed by atoms with Crippen molar-refractivity contribution in [3.63, 3.8) is 0 Å². The third-order valence-corrected chi connectivity index (χ3v) is 4.87. The number of carbonyl (C=O) groups excluding carboxylic acids is 1. The highest BCUT2D eigenvalue weighted by molar-refractivity contribution is 6.30. The first kappa shape index (κ1) is 18.1. The molecule has 0 atom stereocenters. The van der Waals surface area contributed by atoms with Crippen LogP contribution in [0.15, 0.2) is 85.2 Å². The minimum atomic E-state index is -0.311. The Morgan fingerprint density at radius 2 is 1.73 bits per heavy atom. The molecule has 0 aliphatic carbocycles. The average Bonchev–Trinajstić information content (AvgIpc) is 3.43. The van der Waals surface area contributed by atoms with E-state index in [0.717, 1.165) is 11.3 Å². The van der Waals surface area contributed by atoms with Gasteiger partial charge in [-0.25, -0.2) is 9.67 Å². The van der Waals surface area contributed by atoms with Crippen LogP contribution in [-0.4, -0.2) is 30.3 Å². The number of nitrogens with zero attached hydrogens (tertiary/aromatic N) is 5. The molecule has 1 amide bonds. The lowest BCUT2D eigenvalue weighted by atomic mass is 10.1. The maximum atomic E-state index is 13.2. The molecule has 1 N–H and O–H groups in total. The third-order valence-electron chi connectivity index (χ3n) is 4.61. The molecule has 3 heterocycles. The summed E-state index contributed by atoms with van der Waals surface area (Å²) in [6, 6.07) is 22.1. The van der Waals surface area contributed by atoms with Crippen molar-refractivity contribution in [3.8, 4) is 16.9 Å². The van der Waals surface area contributed by atoms with E-state index >= 15 is 0 Å². The van der Waals surface area contributed by atoms with E-state index in [9.17, 15) is 4.79 Å². The van der Waals surface area contributed by atoms with Crippen molar-refractivity contribution in [2.75, 3.05) is 5.32 Å². The number of hydrogen-bond donors (Lipinski definition) is 1. The molecule has 0 radical (unpaired) electrons. The first-order valence-corrected chi connectivity index (χ1v) is 9.58. The van der Waals surface area contributed by atoms with Gasteiger partial charge in [0.1, 0.15) is 11.5 Å². The average molecular weight is 415 g/mol. The minimum Gasteiger partial charge on any atom is -0.305 e. The second-order valence-corrected chi connectivity index (χ2v) is 6.99. The van der Waals surface area contributed by atoms with Crippen LogP contribution >= 0.6 is 11.6 Å². The number of nitrogens with one attached hydrogen (secondary N) is 1. The summed E-state index contributed by atoms with van der Waals surface area (Å²) in [6.45, 7) is 0. The first-order valence-electron chi connectivity index (χ1n) is 9.20. The highest BCUT2D eigenvalue weighted by Gasteiger charge is 2.19. The lowest BCUT2D eigenvalue weighted by Crippen LogP contribution is -2.18. The van der Waals surface area contributed by atoms with Crippen LogP contribution in [0.2, 0.25) is 5.02 Å². The van der Waals surface area contributed by atoms with E-state index in [1.807, 2.05) is 42.5 Å². The Bertz CT molecular complexity index is 1340. The van der Waals surface area contributed by atoms with E-state index in [4.69, 9.17) is 11.6 Å². The Morgan fingerprint density at radius 3 is 2.53 bits per heavy atom. The van der Waals surface area contributed by atoms with Crippen LogP contribution < -0.4 is 5.32 Å². The van der Waals surface area contributed by atoms with E-state index in [1.54, 1.807) is 51.9 Å². The van der Waals surface area contributed by atoms with Crippen molar-refractivity contribution in [2.45, 2.75) is 0 Å². The maximum Gasteiger partial charge on any atom is 0.275 e. The molecule has 146 valence electrons. The van der Waals surface area contributed by atoms with Crippen molar-refractivity contribution in [1.82, 2.24) is 24.4 Å². The quantitative estimate of drug-likeness (QED) is 0.470. The SMILES string of the molecule is O=C(Nc1ccnc2ccnn12)c1cc(-c2ccc(Cl)cc2)nn1-c1ccccc1. The molecule has 0 unspecified atom stereocenters. The fraction of sp³-hybridized carbons (Fsp3) is 0. The van der Waals surface area contributed by atoms with Crippen LogP contribution in [0.3, 0.4) is 0 Å². The van der Waals surface area contributed by atoms with E-state index in [0.29, 0.717) is 27.9 Å². The van der Waals surface area contributed by atoms with Gasteiger partial charge in [-0.1, -0.05) is 41.9 Å². The molecule has 7 nitrogen and oxygen atoms in total. The molecule has 0 aliphatic rings. The van der Waals surface area contributed by atoms with E-state index in [-0.39, 0.29) is 5.91 Å². The third kappa shape index (κ3) is 3.31. The molecule has 0 bridgehead atoms. The Morgan fingerprint density at radius 1 is 0.933 bits per heavy atom. The van der Waals surface area contributed by atoms with Crippen LogP contribution in [0.5, 0.6) is 0 Å². The van der Waals surface area contributed by atoms with E-state index in [2.05, 4.69) is 20.5 Å². The normalized spacial score (nSPS) is 11.0. The van der Waals surface area contributed by atoms with Crippen LogP contribution in [0.4, 0.5) is 5.82 Å². The number of hydrogen-bond acceptors (Lipinski definition) is 4. The van der Waals surface area contributed by atoms with Crippen LogP contribution in [-0.2, 0) is 0 Å². The number of benzene rings is 2. The summed E-state index contributed by atoms with van der Waals surface area (Å²) in [6.07, 6.45) is 3.26. The number of aromatic nitrogens is 5. The van der Waals surface area contributed by atoms with E-state index in [1.165, 1.54) is 0 Å². The topological polar surface area (TPSA) is 77.1 Å². The minimum absolute atomic E-state index is 0.311. The monoisotopic (exact) mass is 414 g/mol. The number of para-hydroxylation sites is 1. The standard InChI is InChI=1S/C22H15ClN6O/c23-16-8-6-15(7-9-16)18-14-19(28(27-18)17-4-2-1-3-5-17)22(30)26-21-10-12-24-20-11-13-25-29(20)21/h1-14H,(H,26,30). The van der Waals surface area contributed by atoms with Crippen molar-refractivity contribution in [2.24, 2.45) is 0 Å². The predicted molar refractivity (Wildman–Crippen MR) is 115 cm³/mol. The number of halogens is 1. The summed E-state index contributed by atoms with van der Waals surface area (Å²) in [7, 11) is 0. The molecule has 2 aromatic carbocycles. The van der Waals surface area contributed by atoms with Crippen molar-refractivity contribution in [1.29, 1.82) is 0 Å². The van der Waals surface area contributed by atoms with Gasteiger partial charge in [0.15, 0.2) is 5.65 Å². The number of carbonyl (C=O) groups is 1. The van der Waals surface area contributed by atoms with Crippen LogP contribution in [0.25, 0.3) is 22.6 Å². The molecule has 30 heavy (non-hydrogen) atoms. The van der Waals surface area contributed by atoms with Gasteiger partial charge in [0, 0.05) is 22.8 Å². The van der Waals surface area contributed by atoms with Gasteiger partial charge in [-0.3, -0.25) is 4.79 Å². The number of rotatable bonds is 4. The van der Waals surface area contributed by atoms with Gasteiger partial charge >= 0.3 is 0 Å². The number of anilines is 1. The Hall–Kier alpha value is -3.97. The zero-order chi connectivity index (χ0) is 20.5. The molecule has 0 fully saturated rings. The first-order chi connectivity index (χ1) is 14.7. The summed E-state index contributed by atoms with van der Waals surface area (Å²) in [5.41, 5.74) is 3.34. The van der Waals surface area contributed by atoms with Gasteiger partial charge in [-0.05, 0) is 36.4 Å². The zero-order valence-electron chi connectivity index (χ0n) is 15.6. The second-order valence-electron chi connectivity index (χ2n) is 6.55. The lowest BCUT2D eigenvalue weighted by Gasteiger charge is -2.09. The van der Waals surface area contributed by atoms with Crippen LogP contribution in [0.1, 0.15) is 10.5 Å². The molecule has 0 aliphatic heterocycles.